The smallest absolute Gasteiger partial charge is 0.164 e. The Morgan fingerprint density at radius 2 is 1.08 bits per heavy atom. The molecule has 0 aliphatic rings. The summed E-state index contributed by atoms with van der Waals surface area (Å²) in [5.41, 5.74) is 6.91. The highest BCUT2D eigenvalue weighted by atomic mass is 32.1. The first-order valence-electron chi connectivity index (χ1n) is 16.7. The molecule has 0 unspecified atom stereocenters. The number of hydrogen-bond acceptors (Lipinski definition) is 8. The summed E-state index contributed by atoms with van der Waals surface area (Å²) in [4.78, 5) is 25.5. The van der Waals surface area contributed by atoms with E-state index in [1.807, 2.05) is 97.1 Å². The van der Waals surface area contributed by atoms with Gasteiger partial charge in [-0.15, -0.1) is 22.7 Å². The van der Waals surface area contributed by atoms with Crippen LogP contribution in [0, 0.1) is 11.3 Å². The van der Waals surface area contributed by atoms with E-state index in [1.165, 1.54) is 0 Å². The first-order valence-corrected chi connectivity index (χ1v) is 18.4. The van der Waals surface area contributed by atoms with Crippen molar-refractivity contribution in [3.63, 3.8) is 0 Å². The molecule has 0 radical (unpaired) electrons. The average Bonchev–Trinajstić information content (AvgIpc) is 3.79. The van der Waals surface area contributed by atoms with Crippen molar-refractivity contribution >= 4 is 63.1 Å². The van der Waals surface area contributed by atoms with Crippen LogP contribution < -0.4 is 0 Å². The fraction of sp³-hybridized carbons (Fsp3) is 0. The molecule has 6 aromatic carbocycles. The Morgan fingerprint density at radius 3 is 1.85 bits per heavy atom. The number of rotatable bonds is 5. The Morgan fingerprint density at radius 1 is 0.442 bits per heavy atom. The zero-order valence-electron chi connectivity index (χ0n) is 27.4. The highest BCUT2D eigenvalue weighted by Gasteiger charge is 2.20. The maximum Gasteiger partial charge on any atom is 0.164 e. The zero-order valence-corrected chi connectivity index (χ0v) is 29.0. The molecule has 8 heteroatoms. The van der Waals surface area contributed by atoms with Gasteiger partial charge >= 0.3 is 0 Å². The van der Waals surface area contributed by atoms with Crippen LogP contribution in [0.5, 0.6) is 0 Å². The Kier molecular flexibility index (Phi) is 7.13. The molecule has 10 rings (SSSR count). The fourth-order valence-corrected chi connectivity index (χ4v) is 9.00. The van der Waals surface area contributed by atoms with Crippen molar-refractivity contribution in [1.29, 1.82) is 5.26 Å². The molecule has 0 N–H and O–H groups in total. The number of nitrogens with zero attached hydrogens (tertiary/aromatic N) is 6. The van der Waals surface area contributed by atoms with Crippen LogP contribution in [0.2, 0.25) is 0 Å². The topological polar surface area (TPSA) is 88.2 Å². The van der Waals surface area contributed by atoms with E-state index in [2.05, 4.69) is 54.6 Å². The van der Waals surface area contributed by atoms with Crippen LogP contribution in [0.4, 0.5) is 0 Å². The third-order valence-electron chi connectivity index (χ3n) is 9.18. The lowest BCUT2D eigenvalue weighted by Crippen LogP contribution is -2.00. The first kappa shape index (κ1) is 30.2. The molecule has 0 saturated heterocycles. The van der Waals surface area contributed by atoms with Crippen molar-refractivity contribution in [2.45, 2.75) is 0 Å². The zero-order chi connectivity index (χ0) is 34.6. The van der Waals surface area contributed by atoms with E-state index < -0.39 is 0 Å². The molecule has 0 aliphatic carbocycles. The van der Waals surface area contributed by atoms with Crippen LogP contribution in [0.3, 0.4) is 0 Å². The molecular weight excluding hydrogens is 677 g/mol. The lowest BCUT2D eigenvalue weighted by molar-refractivity contribution is 1.08. The van der Waals surface area contributed by atoms with E-state index in [4.69, 9.17) is 24.9 Å². The highest BCUT2D eigenvalue weighted by Crippen LogP contribution is 2.43. The summed E-state index contributed by atoms with van der Waals surface area (Å²) < 4.78 is 4.44. The van der Waals surface area contributed by atoms with E-state index in [9.17, 15) is 5.26 Å². The largest absolute Gasteiger partial charge is 0.226 e. The van der Waals surface area contributed by atoms with Gasteiger partial charge in [-0.2, -0.15) is 5.26 Å². The van der Waals surface area contributed by atoms with Gasteiger partial charge in [-0.05, 0) is 42.5 Å². The lowest BCUT2D eigenvalue weighted by atomic mass is 10.0. The van der Waals surface area contributed by atoms with Gasteiger partial charge in [-0.3, -0.25) is 0 Å². The summed E-state index contributed by atoms with van der Waals surface area (Å²) in [5, 5.41) is 13.0. The van der Waals surface area contributed by atoms with Crippen LogP contribution in [0.1, 0.15) is 5.56 Å². The molecule has 0 atom stereocenters. The molecule has 4 aromatic heterocycles. The second-order valence-electron chi connectivity index (χ2n) is 12.4. The minimum atomic E-state index is 0.592. The summed E-state index contributed by atoms with van der Waals surface area (Å²) in [5.74, 6) is 2.49. The molecule has 0 saturated carbocycles. The standard InChI is InChI=1S/C44H24N6S2/c45-25-26-11-9-16-29(23-26)38-40-39(31-17-7-8-19-34(31)52-40)47-43(46-38)30-21-22-35-33(24-30)37-32(18-10-20-36(37)51-35)44-49-41(27-12-3-1-4-13-27)48-42(50-44)28-14-5-2-6-15-28/h1-24H. The SMILES string of the molecule is N#Cc1cccc(-c2nc(-c3ccc4sc5cccc(-c6nc(-c7ccccc7)nc(-c7ccccc7)n6)c5c4c3)nc3c2sc2ccccc23)c1. The Bertz CT molecular complexity index is 2980. The van der Waals surface area contributed by atoms with Gasteiger partial charge in [-0.25, -0.2) is 24.9 Å². The normalized spacial score (nSPS) is 11.4. The molecule has 4 heterocycles. The minimum absolute atomic E-state index is 0.592. The van der Waals surface area contributed by atoms with Crippen molar-refractivity contribution in [1.82, 2.24) is 24.9 Å². The van der Waals surface area contributed by atoms with Crippen molar-refractivity contribution < 1.29 is 0 Å². The second kappa shape index (κ2) is 12.3. The maximum atomic E-state index is 9.70. The molecule has 0 bridgehead atoms. The Labute approximate surface area is 306 Å². The Balaban J connectivity index is 1.20. The maximum absolute atomic E-state index is 9.70. The summed E-state index contributed by atoms with van der Waals surface area (Å²) in [6.07, 6.45) is 0. The molecule has 0 fully saturated rings. The molecule has 0 aliphatic heterocycles. The van der Waals surface area contributed by atoms with E-state index >= 15 is 0 Å². The number of benzene rings is 6. The molecular formula is C44H24N6S2. The average molecular weight is 701 g/mol. The van der Waals surface area contributed by atoms with Gasteiger partial charge in [0.25, 0.3) is 0 Å². The summed E-state index contributed by atoms with van der Waals surface area (Å²) in [6.45, 7) is 0. The van der Waals surface area contributed by atoms with E-state index in [-0.39, 0.29) is 0 Å². The summed E-state index contributed by atoms with van der Waals surface area (Å²) in [6, 6.07) is 51.1. The van der Waals surface area contributed by atoms with Gasteiger partial charge in [-0.1, -0.05) is 103 Å². The predicted molar refractivity (Wildman–Crippen MR) is 213 cm³/mol. The third kappa shape index (κ3) is 5.11. The molecule has 242 valence electrons. The summed E-state index contributed by atoms with van der Waals surface area (Å²) in [7, 11) is 0. The van der Waals surface area contributed by atoms with Gasteiger partial charge in [0, 0.05) is 58.1 Å². The van der Waals surface area contributed by atoms with Crippen molar-refractivity contribution in [3.05, 3.63) is 151 Å². The van der Waals surface area contributed by atoms with Crippen molar-refractivity contribution in [2.24, 2.45) is 0 Å². The Hall–Kier alpha value is -6.66. The van der Waals surface area contributed by atoms with Crippen molar-refractivity contribution in [3.8, 4) is 62.9 Å². The molecule has 52 heavy (non-hydrogen) atoms. The van der Waals surface area contributed by atoms with Gasteiger partial charge in [0.05, 0.1) is 27.5 Å². The van der Waals surface area contributed by atoms with Gasteiger partial charge in [0.1, 0.15) is 0 Å². The number of thiophene rings is 2. The quantitative estimate of drug-likeness (QED) is 0.178. The minimum Gasteiger partial charge on any atom is -0.226 e. The number of aromatic nitrogens is 5. The van der Waals surface area contributed by atoms with Crippen LogP contribution in [0.25, 0.3) is 97.3 Å². The lowest BCUT2D eigenvalue weighted by Gasteiger charge is -2.10. The molecule has 0 spiro atoms. The van der Waals surface area contributed by atoms with Crippen LogP contribution >= 0.6 is 22.7 Å². The highest BCUT2D eigenvalue weighted by molar-refractivity contribution is 7.26. The van der Waals surface area contributed by atoms with E-state index in [0.29, 0.717) is 28.9 Å². The van der Waals surface area contributed by atoms with Gasteiger partial charge < -0.3 is 0 Å². The predicted octanol–water partition coefficient (Wildman–Crippen LogP) is 11.6. The fourth-order valence-electron chi connectivity index (χ4n) is 6.73. The number of fused-ring (bicyclic) bond motifs is 6. The summed E-state index contributed by atoms with van der Waals surface area (Å²) >= 11 is 3.42. The van der Waals surface area contributed by atoms with E-state index in [1.54, 1.807) is 22.7 Å². The molecule has 10 aromatic rings. The third-order valence-corrected chi connectivity index (χ3v) is 11.5. The van der Waals surface area contributed by atoms with Gasteiger partial charge in [0.15, 0.2) is 23.3 Å². The first-order chi connectivity index (χ1) is 25.7. The molecule has 6 nitrogen and oxygen atoms in total. The monoisotopic (exact) mass is 700 g/mol. The number of hydrogen-bond donors (Lipinski definition) is 0. The second-order valence-corrected chi connectivity index (χ2v) is 14.5. The van der Waals surface area contributed by atoms with Crippen LogP contribution in [0.15, 0.2) is 146 Å². The van der Waals surface area contributed by atoms with Crippen LogP contribution in [-0.4, -0.2) is 24.9 Å². The molecule has 0 amide bonds. The van der Waals surface area contributed by atoms with Crippen molar-refractivity contribution in [2.75, 3.05) is 0 Å². The van der Waals surface area contributed by atoms with E-state index in [0.717, 1.165) is 74.0 Å². The number of nitriles is 1. The van der Waals surface area contributed by atoms with Gasteiger partial charge in [0.2, 0.25) is 0 Å². The van der Waals surface area contributed by atoms with Crippen LogP contribution in [-0.2, 0) is 0 Å².